The van der Waals surface area contributed by atoms with Gasteiger partial charge in [0, 0.05) is 26.2 Å². The highest BCUT2D eigenvalue weighted by molar-refractivity contribution is 5.88. The zero-order valence-electron chi connectivity index (χ0n) is 17.2. The van der Waals surface area contributed by atoms with Gasteiger partial charge in [0.25, 0.3) is 0 Å². The molecule has 0 N–H and O–H groups in total. The minimum Gasteiger partial charge on any atom is -0.497 e. The van der Waals surface area contributed by atoms with Crippen LogP contribution in [0.15, 0.2) is 59.5 Å². The van der Waals surface area contributed by atoms with E-state index in [0.29, 0.717) is 22.7 Å². The van der Waals surface area contributed by atoms with Crippen LogP contribution in [0, 0.1) is 5.82 Å². The maximum absolute atomic E-state index is 13.1. The van der Waals surface area contributed by atoms with Crippen molar-refractivity contribution in [3.63, 3.8) is 0 Å². The first-order chi connectivity index (χ1) is 14.9. The summed E-state index contributed by atoms with van der Waals surface area (Å²) in [5.41, 5.74) is 1.57. The number of nitrogens with zero attached hydrogens (tertiary/aromatic N) is 5. The summed E-state index contributed by atoms with van der Waals surface area (Å²) in [6.07, 6.45) is 1.46. The Balaban J connectivity index is 1.71. The first-order valence-electron chi connectivity index (χ1n) is 9.48. The number of methoxy groups -OCH3 is 1. The molecule has 2 aromatic heterocycles. The van der Waals surface area contributed by atoms with E-state index in [9.17, 15) is 14.0 Å². The number of carbonyl (C=O) groups is 1. The Kier molecular flexibility index (Phi) is 5.24. The molecule has 9 heteroatoms. The van der Waals surface area contributed by atoms with Gasteiger partial charge in [0.05, 0.1) is 13.3 Å². The maximum atomic E-state index is 13.1. The number of ether oxygens (including phenoxy) is 1. The molecule has 0 aliphatic heterocycles. The zero-order valence-corrected chi connectivity index (χ0v) is 17.2. The van der Waals surface area contributed by atoms with E-state index < -0.39 is 11.7 Å². The van der Waals surface area contributed by atoms with Gasteiger partial charge in [-0.1, -0.05) is 24.3 Å². The third-order valence-electron chi connectivity index (χ3n) is 4.97. The number of imidazole rings is 1. The van der Waals surface area contributed by atoms with Gasteiger partial charge in [-0.05, 0) is 29.8 Å². The molecule has 0 spiro atoms. The van der Waals surface area contributed by atoms with E-state index >= 15 is 0 Å². The molecule has 31 heavy (non-hydrogen) atoms. The average Bonchev–Trinajstić information content (AvgIpc) is 3.04. The molecule has 0 aliphatic carbocycles. The minimum absolute atomic E-state index is 0.213. The SMILES string of the molecule is COc1cccc(-c2ncc3c(n2)n(C)c(=O)n3C(=O)N(C)Cc2ccc(F)cc2)c1. The van der Waals surface area contributed by atoms with Crippen molar-refractivity contribution in [2.24, 2.45) is 7.05 Å². The van der Waals surface area contributed by atoms with Gasteiger partial charge in [0.1, 0.15) is 17.1 Å². The molecule has 0 atom stereocenters. The maximum Gasteiger partial charge on any atom is 0.338 e. The molecule has 2 aromatic carbocycles. The van der Waals surface area contributed by atoms with Crippen LogP contribution in [0.3, 0.4) is 0 Å². The molecule has 0 unspecified atom stereocenters. The van der Waals surface area contributed by atoms with E-state index in [1.165, 1.54) is 27.8 Å². The van der Waals surface area contributed by atoms with Crippen LogP contribution in [0.25, 0.3) is 22.6 Å². The van der Waals surface area contributed by atoms with Crippen molar-refractivity contribution in [2.45, 2.75) is 6.54 Å². The van der Waals surface area contributed by atoms with Crippen molar-refractivity contribution >= 4 is 17.2 Å². The molecule has 0 saturated carbocycles. The molecule has 0 aliphatic rings. The van der Waals surface area contributed by atoms with Crippen LogP contribution in [0.4, 0.5) is 9.18 Å². The summed E-state index contributed by atoms with van der Waals surface area (Å²) in [7, 11) is 4.69. The first kappa shape index (κ1) is 20.3. The molecule has 158 valence electrons. The summed E-state index contributed by atoms with van der Waals surface area (Å²) >= 11 is 0. The van der Waals surface area contributed by atoms with Crippen LogP contribution in [-0.4, -0.2) is 44.2 Å². The number of rotatable bonds is 4. The first-order valence-corrected chi connectivity index (χ1v) is 9.48. The van der Waals surface area contributed by atoms with Crippen molar-refractivity contribution in [1.29, 1.82) is 0 Å². The Bertz CT molecular complexity index is 1330. The van der Waals surface area contributed by atoms with E-state index in [-0.39, 0.29) is 12.4 Å². The lowest BCUT2D eigenvalue weighted by Gasteiger charge is -2.17. The average molecular weight is 421 g/mol. The quantitative estimate of drug-likeness (QED) is 0.506. The molecule has 0 fully saturated rings. The monoisotopic (exact) mass is 421 g/mol. The molecule has 1 amide bonds. The van der Waals surface area contributed by atoms with Gasteiger partial charge < -0.3 is 9.64 Å². The van der Waals surface area contributed by atoms with Gasteiger partial charge in [0.2, 0.25) is 0 Å². The van der Waals surface area contributed by atoms with E-state index in [1.54, 1.807) is 39.4 Å². The lowest BCUT2D eigenvalue weighted by atomic mass is 10.2. The fraction of sp³-hybridized carbons (Fsp3) is 0.182. The predicted molar refractivity (Wildman–Crippen MR) is 113 cm³/mol. The van der Waals surface area contributed by atoms with Gasteiger partial charge in [-0.25, -0.2) is 28.5 Å². The smallest absolute Gasteiger partial charge is 0.338 e. The summed E-state index contributed by atoms with van der Waals surface area (Å²) in [6, 6.07) is 12.6. The van der Waals surface area contributed by atoms with Crippen LogP contribution >= 0.6 is 0 Å². The molecule has 0 bridgehead atoms. The summed E-state index contributed by atoms with van der Waals surface area (Å²) in [6.45, 7) is 0.213. The highest BCUT2D eigenvalue weighted by atomic mass is 19.1. The number of amides is 1. The molecule has 0 radical (unpaired) electrons. The highest BCUT2D eigenvalue weighted by Crippen LogP contribution is 2.22. The van der Waals surface area contributed by atoms with E-state index in [0.717, 1.165) is 15.7 Å². The van der Waals surface area contributed by atoms with Crippen molar-refractivity contribution < 1.29 is 13.9 Å². The van der Waals surface area contributed by atoms with Gasteiger partial charge in [-0.2, -0.15) is 0 Å². The fourth-order valence-corrected chi connectivity index (χ4v) is 3.30. The second-order valence-electron chi connectivity index (χ2n) is 7.08. The van der Waals surface area contributed by atoms with E-state index in [1.807, 2.05) is 18.2 Å². The topological polar surface area (TPSA) is 82.2 Å². The summed E-state index contributed by atoms with van der Waals surface area (Å²) in [4.78, 5) is 36.1. The van der Waals surface area contributed by atoms with Crippen LogP contribution in [0.5, 0.6) is 5.75 Å². The van der Waals surface area contributed by atoms with Crippen LogP contribution in [0.2, 0.25) is 0 Å². The fourth-order valence-electron chi connectivity index (χ4n) is 3.30. The second kappa shape index (κ2) is 8.02. The molecule has 2 heterocycles. The number of fused-ring (bicyclic) bond motifs is 1. The minimum atomic E-state index is -0.530. The number of aryl methyl sites for hydroxylation is 1. The molecule has 8 nitrogen and oxygen atoms in total. The van der Waals surface area contributed by atoms with Crippen molar-refractivity contribution in [3.8, 4) is 17.1 Å². The summed E-state index contributed by atoms with van der Waals surface area (Å²) in [5.74, 6) is 0.712. The standard InChI is InChI=1S/C22H20FN5O3/c1-26(13-14-7-9-16(23)10-8-14)21(29)28-18-12-24-19(25-20(18)27(2)22(28)30)15-5-4-6-17(11-15)31-3/h4-12H,13H2,1-3H3. The number of hydrogen-bond donors (Lipinski definition) is 0. The summed E-state index contributed by atoms with van der Waals surface area (Å²) < 4.78 is 20.7. The predicted octanol–water partition coefficient (Wildman–Crippen LogP) is 3.04. The van der Waals surface area contributed by atoms with Crippen LogP contribution < -0.4 is 10.4 Å². The van der Waals surface area contributed by atoms with Crippen molar-refractivity contribution in [1.82, 2.24) is 24.0 Å². The number of halogens is 1. The number of benzene rings is 2. The van der Waals surface area contributed by atoms with Crippen LogP contribution in [0.1, 0.15) is 5.56 Å². The second-order valence-corrected chi connectivity index (χ2v) is 7.08. The lowest BCUT2D eigenvalue weighted by Crippen LogP contribution is -2.37. The normalized spacial score (nSPS) is 11.0. The Morgan fingerprint density at radius 3 is 2.65 bits per heavy atom. The Hall–Kier alpha value is -4.01. The van der Waals surface area contributed by atoms with Gasteiger partial charge >= 0.3 is 11.7 Å². The van der Waals surface area contributed by atoms with Crippen LogP contribution in [-0.2, 0) is 13.6 Å². The highest BCUT2D eigenvalue weighted by Gasteiger charge is 2.22. The van der Waals surface area contributed by atoms with Gasteiger partial charge in [-0.3, -0.25) is 4.57 Å². The summed E-state index contributed by atoms with van der Waals surface area (Å²) in [5, 5.41) is 0. The van der Waals surface area contributed by atoms with Crippen molar-refractivity contribution in [2.75, 3.05) is 14.2 Å². The third-order valence-corrected chi connectivity index (χ3v) is 4.97. The molecule has 0 saturated heterocycles. The van der Waals surface area contributed by atoms with Gasteiger partial charge in [0.15, 0.2) is 11.5 Å². The number of carbonyl (C=O) groups excluding carboxylic acids is 1. The molecular formula is C22H20FN5O3. The Morgan fingerprint density at radius 2 is 1.94 bits per heavy atom. The molecule has 4 rings (SSSR count). The Labute approximate surface area is 177 Å². The zero-order chi connectivity index (χ0) is 22.1. The van der Waals surface area contributed by atoms with E-state index in [4.69, 9.17) is 4.74 Å². The van der Waals surface area contributed by atoms with Crippen molar-refractivity contribution in [3.05, 3.63) is 76.6 Å². The largest absolute Gasteiger partial charge is 0.497 e. The molecule has 4 aromatic rings. The third kappa shape index (κ3) is 3.77. The number of aromatic nitrogens is 4. The lowest BCUT2D eigenvalue weighted by molar-refractivity contribution is 0.208. The Morgan fingerprint density at radius 1 is 1.19 bits per heavy atom. The van der Waals surface area contributed by atoms with E-state index in [2.05, 4.69) is 9.97 Å². The number of hydrogen-bond acceptors (Lipinski definition) is 5. The van der Waals surface area contributed by atoms with Gasteiger partial charge in [-0.15, -0.1) is 0 Å². The molecular weight excluding hydrogens is 401 g/mol.